The molecule has 1 N–H and O–H groups in total. The molecule has 1 spiro atoms. The van der Waals surface area contributed by atoms with Crippen LogP contribution in [0.4, 0.5) is 4.79 Å². The average molecular weight is 278 g/mol. The van der Waals surface area contributed by atoms with E-state index in [0.717, 1.165) is 0 Å². The molecule has 0 aliphatic carbocycles. The molecule has 2 saturated heterocycles. The van der Waals surface area contributed by atoms with E-state index in [9.17, 15) is 9.59 Å². The predicted octanol–water partition coefficient (Wildman–Crippen LogP) is 0.648. The fourth-order valence-corrected chi connectivity index (χ4v) is 2.65. The Bertz CT molecular complexity index is 560. The first kappa shape index (κ1) is 13.0. The molecular weight excluding hydrogens is 260 g/mol. The van der Waals surface area contributed by atoms with Crippen LogP contribution in [0, 0.1) is 0 Å². The minimum Gasteiger partial charge on any atom is -0.360 e. The maximum atomic E-state index is 12.3. The first-order valence-corrected chi connectivity index (χ1v) is 6.70. The van der Waals surface area contributed by atoms with E-state index in [2.05, 4.69) is 10.5 Å². The summed E-state index contributed by atoms with van der Waals surface area (Å²) < 4.78 is 5.15. The van der Waals surface area contributed by atoms with Gasteiger partial charge in [-0.1, -0.05) is 19.0 Å². The quantitative estimate of drug-likeness (QED) is 0.861. The molecule has 0 aromatic carbocycles. The number of amides is 3. The van der Waals surface area contributed by atoms with E-state index in [4.69, 9.17) is 4.52 Å². The van der Waals surface area contributed by atoms with Gasteiger partial charge in [0, 0.05) is 38.7 Å². The second-order valence-electron chi connectivity index (χ2n) is 5.87. The molecule has 7 nitrogen and oxygen atoms in total. The summed E-state index contributed by atoms with van der Waals surface area (Å²) in [4.78, 5) is 27.1. The van der Waals surface area contributed by atoms with Crippen molar-refractivity contribution in [2.75, 3.05) is 26.7 Å². The monoisotopic (exact) mass is 278 g/mol. The summed E-state index contributed by atoms with van der Waals surface area (Å²) in [6.45, 7) is 5.62. The van der Waals surface area contributed by atoms with Gasteiger partial charge in [0.05, 0.1) is 5.54 Å². The summed E-state index contributed by atoms with van der Waals surface area (Å²) in [5.41, 5.74) is 0.0839. The molecule has 3 heterocycles. The van der Waals surface area contributed by atoms with Crippen molar-refractivity contribution in [3.05, 3.63) is 17.5 Å². The van der Waals surface area contributed by atoms with Gasteiger partial charge in [-0.05, 0) is 0 Å². The average Bonchev–Trinajstić information content (AvgIpc) is 2.95. The Hall–Kier alpha value is -2.05. The van der Waals surface area contributed by atoms with Crippen molar-refractivity contribution in [2.45, 2.75) is 25.3 Å². The summed E-state index contributed by atoms with van der Waals surface area (Å²) in [7, 11) is 1.76. The largest absolute Gasteiger partial charge is 0.360 e. The third-order valence-corrected chi connectivity index (χ3v) is 4.16. The van der Waals surface area contributed by atoms with E-state index in [1.165, 1.54) is 0 Å². The highest BCUT2D eigenvalue weighted by molar-refractivity contribution is 5.93. The zero-order valence-electron chi connectivity index (χ0n) is 11.8. The molecule has 108 valence electrons. The van der Waals surface area contributed by atoms with Crippen molar-refractivity contribution in [1.29, 1.82) is 0 Å². The molecule has 20 heavy (non-hydrogen) atoms. The second-order valence-corrected chi connectivity index (χ2v) is 5.87. The Morgan fingerprint density at radius 2 is 2.20 bits per heavy atom. The number of carbonyl (C=O) groups is 2. The number of aromatic nitrogens is 1. The number of rotatable bonds is 2. The van der Waals surface area contributed by atoms with E-state index >= 15 is 0 Å². The molecule has 1 aromatic rings. The van der Waals surface area contributed by atoms with Gasteiger partial charge >= 0.3 is 6.03 Å². The molecule has 0 unspecified atom stereocenters. The van der Waals surface area contributed by atoms with Crippen LogP contribution in [0.25, 0.3) is 0 Å². The second kappa shape index (κ2) is 4.22. The van der Waals surface area contributed by atoms with Crippen molar-refractivity contribution in [2.24, 2.45) is 0 Å². The number of hydrogen-bond donors (Lipinski definition) is 1. The fourth-order valence-electron chi connectivity index (χ4n) is 2.65. The van der Waals surface area contributed by atoms with E-state index < -0.39 is 0 Å². The zero-order valence-corrected chi connectivity index (χ0v) is 11.8. The summed E-state index contributed by atoms with van der Waals surface area (Å²) >= 11 is 0. The van der Waals surface area contributed by atoms with Gasteiger partial charge in [0.2, 0.25) is 0 Å². The van der Waals surface area contributed by atoms with E-state index in [1.54, 1.807) is 22.9 Å². The Balaban J connectivity index is 1.67. The van der Waals surface area contributed by atoms with E-state index in [0.29, 0.717) is 31.1 Å². The van der Waals surface area contributed by atoms with E-state index in [1.807, 2.05) is 13.8 Å². The molecule has 0 atom stereocenters. The van der Waals surface area contributed by atoms with Crippen LogP contribution in [0.2, 0.25) is 0 Å². The summed E-state index contributed by atoms with van der Waals surface area (Å²) in [5, 5.41) is 6.62. The Kier molecular flexibility index (Phi) is 2.74. The molecule has 0 radical (unpaired) electrons. The highest BCUT2D eigenvalue weighted by Crippen LogP contribution is 2.31. The topological polar surface area (TPSA) is 78.7 Å². The van der Waals surface area contributed by atoms with Crippen LogP contribution in [0.5, 0.6) is 0 Å². The highest BCUT2D eigenvalue weighted by atomic mass is 16.5. The molecule has 0 bridgehead atoms. The van der Waals surface area contributed by atoms with Crippen LogP contribution in [-0.4, -0.2) is 59.1 Å². The first-order chi connectivity index (χ1) is 9.43. The van der Waals surface area contributed by atoms with Gasteiger partial charge in [0.1, 0.15) is 5.76 Å². The number of hydrogen-bond acceptors (Lipinski definition) is 4. The van der Waals surface area contributed by atoms with Crippen molar-refractivity contribution < 1.29 is 14.1 Å². The molecule has 0 saturated carbocycles. The van der Waals surface area contributed by atoms with Crippen LogP contribution >= 0.6 is 0 Å². The smallest absolute Gasteiger partial charge is 0.317 e. The maximum Gasteiger partial charge on any atom is 0.317 e. The predicted molar refractivity (Wildman–Crippen MR) is 70.4 cm³/mol. The van der Waals surface area contributed by atoms with Crippen LogP contribution < -0.4 is 5.32 Å². The molecule has 2 aliphatic heterocycles. The normalized spacial score (nSPS) is 20.5. The third-order valence-electron chi connectivity index (χ3n) is 4.16. The fraction of sp³-hybridized carbons (Fsp3) is 0.615. The van der Waals surface area contributed by atoms with E-state index in [-0.39, 0.29) is 23.4 Å². The lowest BCUT2D eigenvalue weighted by molar-refractivity contribution is 0.00707. The minimum atomic E-state index is -0.253. The number of urea groups is 1. The summed E-state index contributed by atoms with van der Waals surface area (Å²) in [6.07, 6.45) is 0. The molecule has 7 heteroatoms. The van der Waals surface area contributed by atoms with Gasteiger partial charge in [-0.15, -0.1) is 0 Å². The number of nitrogens with zero attached hydrogens (tertiary/aromatic N) is 3. The van der Waals surface area contributed by atoms with Crippen LogP contribution in [0.3, 0.4) is 0 Å². The van der Waals surface area contributed by atoms with Crippen molar-refractivity contribution in [1.82, 2.24) is 20.3 Å². The SMILES string of the molecule is CC(C)c1cc(C(=O)N2CC3(CNC(=O)N3C)C2)no1. The Morgan fingerprint density at radius 3 is 2.70 bits per heavy atom. The zero-order chi connectivity index (χ0) is 14.5. The summed E-state index contributed by atoms with van der Waals surface area (Å²) in [5.74, 6) is 0.770. The number of likely N-dealkylation sites (tertiary alicyclic amines) is 1. The van der Waals surface area contributed by atoms with Crippen LogP contribution in [0.1, 0.15) is 36.0 Å². The molecular formula is C13H18N4O3. The number of likely N-dealkylation sites (N-methyl/N-ethyl adjacent to an activating group) is 1. The molecule has 2 fully saturated rings. The molecule has 2 aliphatic rings. The van der Waals surface area contributed by atoms with Gasteiger partial charge in [-0.2, -0.15) is 0 Å². The van der Waals surface area contributed by atoms with Gasteiger partial charge in [0.25, 0.3) is 5.91 Å². The lowest BCUT2D eigenvalue weighted by atomic mass is 9.89. The lowest BCUT2D eigenvalue weighted by Crippen LogP contribution is -2.70. The molecule has 3 rings (SSSR count). The van der Waals surface area contributed by atoms with Crippen LogP contribution in [0.15, 0.2) is 10.6 Å². The first-order valence-electron chi connectivity index (χ1n) is 6.70. The Labute approximate surface area is 116 Å². The van der Waals surface area contributed by atoms with Gasteiger partial charge in [-0.3, -0.25) is 4.79 Å². The minimum absolute atomic E-state index is 0.0828. The maximum absolute atomic E-state index is 12.3. The van der Waals surface area contributed by atoms with Gasteiger partial charge < -0.3 is 19.6 Å². The van der Waals surface area contributed by atoms with Crippen LogP contribution in [-0.2, 0) is 0 Å². The van der Waals surface area contributed by atoms with Crippen molar-refractivity contribution in [3.63, 3.8) is 0 Å². The standard InChI is InChI=1S/C13H18N4O3/c1-8(2)10-4-9(15-20-10)11(18)17-6-13(7-17)5-14-12(19)16(13)3/h4,8H,5-7H2,1-3H3,(H,14,19). The number of carbonyl (C=O) groups excluding carboxylic acids is 2. The third kappa shape index (κ3) is 1.76. The molecule has 1 aromatic heterocycles. The van der Waals surface area contributed by atoms with Crippen molar-refractivity contribution in [3.8, 4) is 0 Å². The van der Waals surface area contributed by atoms with Gasteiger partial charge in [-0.25, -0.2) is 4.79 Å². The Morgan fingerprint density at radius 1 is 1.50 bits per heavy atom. The molecule has 3 amide bonds. The highest BCUT2D eigenvalue weighted by Gasteiger charge is 2.53. The van der Waals surface area contributed by atoms with Crippen molar-refractivity contribution >= 4 is 11.9 Å². The number of nitrogens with one attached hydrogen (secondary N) is 1. The summed E-state index contributed by atoms with van der Waals surface area (Å²) in [6, 6.07) is 1.61. The lowest BCUT2D eigenvalue weighted by Gasteiger charge is -2.50. The van der Waals surface area contributed by atoms with Gasteiger partial charge in [0.15, 0.2) is 5.69 Å².